The van der Waals surface area contributed by atoms with Gasteiger partial charge < -0.3 is 25.4 Å². The molecular formula is C25H31N7O3S. The molecule has 11 heteroatoms. The molecule has 190 valence electrons. The van der Waals surface area contributed by atoms with E-state index in [1.165, 1.54) is 11.8 Å². The summed E-state index contributed by atoms with van der Waals surface area (Å²) in [4.78, 5) is 24.8. The van der Waals surface area contributed by atoms with E-state index in [1.807, 2.05) is 44.2 Å². The number of H-pyrrole nitrogens is 1. The fraction of sp³-hybridized carbons (Fsp3) is 0.440. The second-order valence-corrected chi connectivity index (χ2v) is 10.2. The van der Waals surface area contributed by atoms with E-state index in [-0.39, 0.29) is 17.9 Å². The van der Waals surface area contributed by atoms with Gasteiger partial charge in [0.1, 0.15) is 0 Å². The second kappa shape index (κ2) is 10.8. The van der Waals surface area contributed by atoms with Gasteiger partial charge in [0, 0.05) is 41.4 Å². The van der Waals surface area contributed by atoms with Crippen LogP contribution >= 0.6 is 11.8 Å². The summed E-state index contributed by atoms with van der Waals surface area (Å²) in [5.41, 5.74) is 1.71. The Morgan fingerprint density at radius 1 is 1.19 bits per heavy atom. The van der Waals surface area contributed by atoms with Crippen LogP contribution in [0.2, 0.25) is 0 Å². The molecule has 1 aliphatic carbocycles. The van der Waals surface area contributed by atoms with Gasteiger partial charge in [0.2, 0.25) is 11.7 Å². The maximum atomic E-state index is 12.1. The van der Waals surface area contributed by atoms with E-state index in [4.69, 9.17) is 14.7 Å². The van der Waals surface area contributed by atoms with E-state index in [0.29, 0.717) is 60.9 Å². The van der Waals surface area contributed by atoms with Gasteiger partial charge in [-0.05, 0) is 75.6 Å². The van der Waals surface area contributed by atoms with Gasteiger partial charge in [0.05, 0.1) is 12.7 Å². The summed E-state index contributed by atoms with van der Waals surface area (Å²) < 4.78 is 6.03. The first-order valence-electron chi connectivity index (χ1n) is 12.3. The quantitative estimate of drug-likeness (QED) is 0.315. The third-order valence-corrected chi connectivity index (χ3v) is 6.98. The zero-order valence-corrected chi connectivity index (χ0v) is 21.3. The van der Waals surface area contributed by atoms with Gasteiger partial charge in [-0.1, -0.05) is 0 Å². The molecule has 10 nitrogen and oxygen atoms in total. The van der Waals surface area contributed by atoms with Crippen LogP contribution in [0.15, 0.2) is 40.4 Å². The van der Waals surface area contributed by atoms with Crippen molar-refractivity contribution in [2.24, 2.45) is 5.92 Å². The number of amides is 1. The number of aryl methyl sites for hydroxylation is 1. The Morgan fingerprint density at radius 3 is 2.58 bits per heavy atom. The van der Waals surface area contributed by atoms with Gasteiger partial charge in [0.15, 0.2) is 22.6 Å². The first-order valence-corrected chi connectivity index (χ1v) is 13.2. The molecule has 0 unspecified atom stereocenters. The van der Waals surface area contributed by atoms with E-state index in [0.717, 1.165) is 29.1 Å². The van der Waals surface area contributed by atoms with Crippen molar-refractivity contribution < 1.29 is 14.6 Å². The summed E-state index contributed by atoms with van der Waals surface area (Å²) in [6.45, 7) is 5.68. The number of aromatic amines is 1. The number of rotatable bonds is 9. The van der Waals surface area contributed by atoms with Gasteiger partial charge in [-0.2, -0.15) is 5.10 Å². The number of aliphatic hydroxyl groups is 1. The minimum absolute atomic E-state index is 0.0888. The van der Waals surface area contributed by atoms with Crippen LogP contribution in [0.5, 0.6) is 5.75 Å². The summed E-state index contributed by atoms with van der Waals surface area (Å²) in [6.07, 6.45) is 3.00. The molecule has 1 amide bonds. The van der Waals surface area contributed by atoms with Crippen molar-refractivity contribution in [2.75, 3.05) is 35.2 Å². The van der Waals surface area contributed by atoms with Crippen LogP contribution < -0.4 is 20.3 Å². The summed E-state index contributed by atoms with van der Waals surface area (Å²) in [7, 11) is 0. The Bertz CT molecular complexity index is 1200. The zero-order valence-electron chi connectivity index (χ0n) is 20.5. The van der Waals surface area contributed by atoms with Crippen LogP contribution in [0.25, 0.3) is 0 Å². The molecule has 0 bridgehead atoms. The smallest absolute Gasteiger partial charge is 0.227 e. The molecule has 2 fully saturated rings. The minimum atomic E-state index is -0.295. The number of aromatic nitrogens is 4. The molecule has 4 N–H and O–H groups in total. The summed E-state index contributed by atoms with van der Waals surface area (Å²) in [6, 6.07) is 9.60. The van der Waals surface area contributed by atoms with E-state index >= 15 is 0 Å². The topological polar surface area (TPSA) is 128 Å². The van der Waals surface area contributed by atoms with Gasteiger partial charge in [-0.15, -0.1) is 0 Å². The first-order chi connectivity index (χ1) is 17.5. The molecule has 1 aromatic carbocycles. The lowest BCUT2D eigenvalue weighted by Crippen LogP contribution is -2.36. The maximum absolute atomic E-state index is 12.1. The van der Waals surface area contributed by atoms with Crippen molar-refractivity contribution in [3.05, 3.63) is 36.0 Å². The highest BCUT2D eigenvalue weighted by atomic mass is 32.2. The molecule has 0 radical (unpaired) electrons. The maximum Gasteiger partial charge on any atom is 0.227 e. The Morgan fingerprint density at radius 2 is 1.94 bits per heavy atom. The molecular weight excluding hydrogens is 478 g/mol. The van der Waals surface area contributed by atoms with Gasteiger partial charge in [-0.3, -0.25) is 9.89 Å². The molecule has 1 aliphatic heterocycles. The van der Waals surface area contributed by atoms with E-state index in [2.05, 4.69) is 25.7 Å². The molecule has 2 aliphatic rings. The third kappa shape index (κ3) is 5.90. The van der Waals surface area contributed by atoms with Crippen LogP contribution in [0.3, 0.4) is 0 Å². The van der Waals surface area contributed by atoms with Crippen LogP contribution in [0.1, 0.15) is 38.3 Å². The SMILES string of the molecule is CCOc1c(Nc2cc(C)[nH]n2)nc(Sc2ccc(NC(=O)C3CC3)cc2)nc1N1CCC(O)CC1. The second-order valence-electron chi connectivity index (χ2n) is 9.11. The van der Waals surface area contributed by atoms with Crippen molar-refractivity contribution in [3.63, 3.8) is 0 Å². The lowest BCUT2D eigenvalue weighted by molar-refractivity contribution is -0.117. The largest absolute Gasteiger partial charge is 0.487 e. The predicted molar refractivity (Wildman–Crippen MR) is 139 cm³/mol. The summed E-state index contributed by atoms with van der Waals surface area (Å²) >= 11 is 1.43. The Labute approximate surface area is 214 Å². The average Bonchev–Trinajstić information content (AvgIpc) is 3.64. The Balaban J connectivity index is 1.43. The van der Waals surface area contributed by atoms with E-state index in [1.54, 1.807) is 0 Å². The Kier molecular flexibility index (Phi) is 7.28. The number of benzene rings is 1. The van der Waals surface area contributed by atoms with Crippen LogP contribution in [0, 0.1) is 12.8 Å². The molecule has 3 aromatic rings. The fourth-order valence-electron chi connectivity index (χ4n) is 4.02. The molecule has 0 atom stereocenters. The van der Waals surface area contributed by atoms with Gasteiger partial charge >= 0.3 is 0 Å². The average molecular weight is 510 g/mol. The van der Waals surface area contributed by atoms with Crippen LogP contribution in [0.4, 0.5) is 23.1 Å². The summed E-state index contributed by atoms with van der Waals surface area (Å²) in [5.74, 6) is 2.69. The van der Waals surface area contributed by atoms with Crippen LogP contribution in [-0.2, 0) is 4.79 Å². The molecule has 1 saturated carbocycles. The monoisotopic (exact) mass is 509 g/mol. The highest BCUT2D eigenvalue weighted by Crippen LogP contribution is 2.39. The lowest BCUT2D eigenvalue weighted by atomic mass is 10.1. The molecule has 36 heavy (non-hydrogen) atoms. The third-order valence-electron chi connectivity index (χ3n) is 6.11. The number of piperidine rings is 1. The number of aliphatic hydroxyl groups excluding tert-OH is 1. The highest BCUT2D eigenvalue weighted by molar-refractivity contribution is 7.99. The number of hydrogen-bond acceptors (Lipinski definition) is 9. The normalized spacial score (nSPS) is 16.1. The number of nitrogens with one attached hydrogen (secondary N) is 3. The van der Waals surface area contributed by atoms with Crippen molar-refractivity contribution in [2.45, 2.75) is 55.7 Å². The molecule has 5 rings (SSSR count). The summed E-state index contributed by atoms with van der Waals surface area (Å²) in [5, 5.41) is 24.0. The minimum Gasteiger partial charge on any atom is -0.487 e. The van der Waals surface area contributed by atoms with Crippen LogP contribution in [-0.4, -0.2) is 57.0 Å². The number of anilines is 4. The molecule has 2 aromatic heterocycles. The van der Waals surface area contributed by atoms with Gasteiger partial charge in [0.25, 0.3) is 0 Å². The van der Waals surface area contributed by atoms with Crippen molar-refractivity contribution in [1.82, 2.24) is 20.2 Å². The molecule has 3 heterocycles. The lowest BCUT2D eigenvalue weighted by Gasteiger charge is -2.32. The number of hydrogen-bond donors (Lipinski definition) is 4. The standard InChI is InChI=1S/C25H31N7O3S/c1-3-35-21-22(27-20-14-15(2)30-31-20)28-25(29-23(21)32-12-10-18(33)11-13-32)36-19-8-6-17(7-9-19)26-24(34)16-4-5-16/h6-9,14,16,18,33H,3-5,10-13H2,1-2H3,(H,26,34)(H2,27,28,29,30,31). The van der Waals surface area contributed by atoms with Crippen molar-refractivity contribution in [3.8, 4) is 5.75 Å². The molecule has 0 spiro atoms. The predicted octanol–water partition coefficient (Wildman–Crippen LogP) is 4.11. The van der Waals surface area contributed by atoms with Gasteiger partial charge in [-0.25, -0.2) is 9.97 Å². The van der Waals surface area contributed by atoms with E-state index in [9.17, 15) is 9.90 Å². The number of nitrogens with zero attached hydrogens (tertiary/aromatic N) is 4. The number of ether oxygens (including phenoxy) is 1. The zero-order chi connectivity index (χ0) is 25.1. The fourth-order valence-corrected chi connectivity index (χ4v) is 4.78. The first kappa shape index (κ1) is 24.4. The van der Waals surface area contributed by atoms with Crippen molar-refractivity contribution in [1.29, 1.82) is 0 Å². The molecule has 1 saturated heterocycles. The highest BCUT2D eigenvalue weighted by Gasteiger charge is 2.29. The van der Waals surface area contributed by atoms with Crippen molar-refractivity contribution >= 4 is 40.8 Å². The Hall–Kier alpha value is -3.31. The van der Waals surface area contributed by atoms with E-state index < -0.39 is 0 Å². The number of carbonyl (C=O) groups is 1. The number of carbonyl (C=O) groups excluding carboxylic acids is 1.